The Bertz CT molecular complexity index is 1480. The number of nitrogens with zero attached hydrogens (tertiary/aromatic N) is 3. The summed E-state index contributed by atoms with van der Waals surface area (Å²) in [6.07, 6.45) is 1.33. The van der Waals surface area contributed by atoms with Gasteiger partial charge in [0.2, 0.25) is 11.8 Å². The van der Waals surface area contributed by atoms with Gasteiger partial charge in [-0.3, -0.25) is 9.59 Å². The third kappa shape index (κ3) is 6.72. The molecule has 9 nitrogen and oxygen atoms in total. The van der Waals surface area contributed by atoms with E-state index in [4.69, 9.17) is 21.1 Å². The molecule has 43 heavy (non-hydrogen) atoms. The van der Waals surface area contributed by atoms with Crippen molar-refractivity contribution in [3.05, 3.63) is 82.9 Å². The molecule has 3 aromatic rings. The maximum Gasteiger partial charge on any atom is 0.321 e. The molecule has 2 saturated heterocycles. The second kappa shape index (κ2) is 13.4. The fourth-order valence-electron chi connectivity index (χ4n) is 5.92. The van der Waals surface area contributed by atoms with Crippen LogP contribution in [-0.2, 0) is 9.59 Å². The van der Waals surface area contributed by atoms with Gasteiger partial charge in [0.25, 0.3) is 0 Å². The molecule has 2 aliphatic rings. The Labute approximate surface area is 257 Å². The largest absolute Gasteiger partial charge is 0.493 e. The van der Waals surface area contributed by atoms with E-state index in [1.54, 1.807) is 48.3 Å². The molecule has 226 valence electrons. The summed E-state index contributed by atoms with van der Waals surface area (Å²) < 4.78 is 11.0. The predicted octanol–water partition coefficient (Wildman–Crippen LogP) is 5.92. The van der Waals surface area contributed by atoms with Gasteiger partial charge < -0.3 is 29.5 Å². The van der Waals surface area contributed by atoms with Crippen LogP contribution in [0.2, 0.25) is 5.02 Å². The van der Waals surface area contributed by atoms with Crippen molar-refractivity contribution in [3.8, 4) is 11.5 Å². The number of aryl methyl sites for hydroxylation is 1. The number of benzene rings is 3. The summed E-state index contributed by atoms with van der Waals surface area (Å²) in [6, 6.07) is 19.6. The fourth-order valence-corrected chi connectivity index (χ4v) is 6.11. The van der Waals surface area contributed by atoms with Crippen molar-refractivity contribution >= 4 is 40.8 Å². The third-order valence-electron chi connectivity index (χ3n) is 8.15. The predicted molar refractivity (Wildman–Crippen MR) is 167 cm³/mol. The number of halogens is 1. The first kappa shape index (κ1) is 30.2. The van der Waals surface area contributed by atoms with E-state index in [-0.39, 0.29) is 24.3 Å². The molecular formula is C33H37ClN4O5. The number of anilines is 2. The van der Waals surface area contributed by atoms with Crippen LogP contribution in [-0.4, -0.2) is 68.0 Å². The van der Waals surface area contributed by atoms with Gasteiger partial charge in [0.15, 0.2) is 11.5 Å². The fraction of sp³-hybridized carbons (Fsp3) is 0.364. The molecule has 3 aromatic carbocycles. The first-order valence-electron chi connectivity index (χ1n) is 14.5. The Morgan fingerprint density at radius 1 is 0.884 bits per heavy atom. The summed E-state index contributed by atoms with van der Waals surface area (Å²) in [4.78, 5) is 46.2. The van der Waals surface area contributed by atoms with Crippen molar-refractivity contribution < 1.29 is 23.9 Å². The molecule has 0 saturated carbocycles. The maximum atomic E-state index is 14.3. The van der Waals surface area contributed by atoms with Gasteiger partial charge in [-0.2, -0.15) is 0 Å². The summed E-state index contributed by atoms with van der Waals surface area (Å²) in [6.45, 7) is 3.83. The van der Waals surface area contributed by atoms with Gasteiger partial charge in [0, 0.05) is 49.0 Å². The average Bonchev–Trinajstić information content (AvgIpc) is 3.27. The summed E-state index contributed by atoms with van der Waals surface area (Å²) in [5, 5.41) is 3.44. The van der Waals surface area contributed by atoms with Crippen LogP contribution >= 0.6 is 11.6 Å². The normalized spacial score (nSPS) is 19.1. The van der Waals surface area contributed by atoms with E-state index in [2.05, 4.69) is 5.32 Å². The van der Waals surface area contributed by atoms with Crippen molar-refractivity contribution in [3.63, 3.8) is 0 Å². The number of ether oxygens (including phenoxy) is 2. The number of amides is 4. The number of hydrogen-bond donors (Lipinski definition) is 1. The van der Waals surface area contributed by atoms with Crippen LogP contribution in [0.1, 0.15) is 36.4 Å². The lowest BCUT2D eigenvalue weighted by Gasteiger charge is -2.42. The molecule has 0 spiro atoms. The molecule has 10 heteroatoms. The van der Waals surface area contributed by atoms with Crippen LogP contribution in [0.5, 0.6) is 11.5 Å². The van der Waals surface area contributed by atoms with Crippen molar-refractivity contribution in [1.82, 2.24) is 9.80 Å². The van der Waals surface area contributed by atoms with E-state index in [0.717, 1.165) is 16.8 Å². The molecule has 0 radical (unpaired) electrons. The summed E-state index contributed by atoms with van der Waals surface area (Å²) in [5.74, 6) is 0.559. The Balaban J connectivity index is 1.40. The number of urea groups is 1. The van der Waals surface area contributed by atoms with Gasteiger partial charge in [-0.1, -0.05) is 41.4 Å². The summed E-state index contributed by atoms with van der Waals surface area (Å²) in [7, 11) is 3.14. The van der Waals surface area contributed by atoms with Gasteiger partial charge in [-0.15, -0.1) is 0 Å². The van der Waals surface area contributed by atoms with Crippen LogP contribution in [0.25, 0.3) is 0 Å². The average molecular weight is 605 g/mol. The molecule has 2 atom stereocenters. The zero-order chi connectivity index (χ0) is 30.5. The number of rotatable bonds is 6. The van der Waals surface area contributed by atoms with Gasteiger partial charge in [-0.25, -0.2) is 4.79 Å². The van der Waals surface area contributed by atoms with E-state index in [1.165, 1.54) is 0 Å². The van der Waals surface area contributed by atoms with Gasteiger partial charge >= 0.3 is 6.03 Å². The van der Waals surface area contributed by atoms with Gasteiger partial charge in [0.05, 0.1) is 26.2 Å². The Morgan fingerprint density at radius 3 is 2.33 bits per heavy atom. The van der Waals surface area contributed by atoms with Crippen molar-refractivity contribution in [1.29, 1.82) is 0 Å². The molecule has 2 aliphatic heterocycles. The van der Waals surface area contributed by atoms with Crippen LogP contribution in [0.4, 0.5) is 16.2 Å². The topological polar surface area (TPSA) is 91.4 Å². The Hall–Kier alpha value is -4.24. The highest BCUT2D eigenvalue weighted by Gasteiger charge is 2.43. The second-order valence-electron chi connectivity index (χ2n) is 10.9. The molecule has 0 aromatic heterocycles. The van der Waals surface area contributed by atoms with Crippen molar-refractivity contribution in [2.75, 3.05) is 50.6 Å². The molecule has 5 rings (SSSR count). The minimum atomic E-state index is -0.540. The Kier molecular flexibility index (Phi) is 9.40. The molecule has 4 amide bonds. The minimum Gasteiger partial charge on any atom is -0.493 e. The summed E-state index contributed by atoms with van der Waals surface area (Å²) in [5.41, 5.74) is 3.24. The van der Waals surface area contributed by atoms with Crippen molar-refractivity contribution in [2.45, 2.75) is 32.2 Å². The Morgan fingerprint density at radius 2 is 1.60 bits per heavy atom. The standard InChI is InChI=1S/C33H37ClN4O5/c1-22-8-11-26(12-9-22)38-30(39)15-13-27(31(38)23-10-14-28(42-2)29(20-23)43-3)32(40)36-16-5-17-37(19-18-36)33(41)35-25-7-4-6-24(34)21-25/h4,6-12,14,20-21,27,31H,5,13,15-19H2,1-3H3,(H,35,41). The van der Waals surface area contributed by atoms with E-state index < -0.39 is 12.0 Å². The zero-order valence-electron chi connectivity index (χ0n) is 24.7. The molecule has 1 N–H and O–H groups in total. The number of hydrogen-bond acceptors (Lipinski definition) is 5. The monoisotopic (exact) mass is 604 g/mol. The number of methoxy groups -OCH3 is 2. The van der Waals surface area contributed by atoms with Crippen LogP contribution < -0.4 is 19.7 Å². The van der Waals surface area contributed by atoms with E-state index >= 15 is 0 Å². The highest BCUT2D eigenvalue weighted by molar-refractivity contribution is 6.30. The number of carbonyl (C=O) groups excluding carboxylic acids is 3. The summed E-state index contributed by atoms with van der Waals surface area (Å²) >= 11 is 6.07. The maximum absolute atomic E-state index is 14.3. The lowest BCUT2D eigenvalue weighted by molar-refractivity contribution is -0.138. The highest BCUT2D eigenvalue weighted by Crippen LogP contribution is 2.43. The number of nitrogens with one attached hydrogen (secondary N) is 1. The van der Waals surface area contributed by atoms with E-state index in [9.17, 15) is 14.4 Å². The molecule has 0 aliphatic carbocycles. The van der Waals surface area contributed by atoms with E-state index in [1.807, 2.05) is 54.3 Å². The second-order valence-corrected chi connectivity index (χ2v) is 11.3. The molecular weight excluding hydrogens is 568 g/mol. The van der Waals surface area contributed by atoms with E-state index in [0.29, 0.717) is 61.2 Å². The molecule has 0 bridgehead atoms. The van der Waals surface area contributed by atoms with Crippen LogP contribution in [0.3, 0.4) is 0 Å². The quantitative estimate of drug-likeness (QED) is 0.377. The lowest BCUT2D eigenvalue weighted by atomic mass is 9.82. The highest BCUT2D eigenvalue weighted by atomic mass is 35.5. The van der Waals surface area contributed by atoms with Gasteiger partial charge in [0.1, 0.15) is 0 Å². The lowest BCUT2D eigenvalue weighted by Crippen LogP contribution is -2.50. The smallest absolute Gasteiger partial charge is 0.321 e. The molecule has 2 heterocycles. The van der Waals surface area contributed by atoms with Crippen molar-refractivity contribution in [2.24, 2.45) is 5.92 Å². The number of piperidine rings is 1. The van der Waals surface area contributed by atoms with Crippen LogP contribution in [0, 0.1) is 12.8 Å². The van der Waals surface area contributed by atoms with Crippen LogP contribution in [0.15, 0.2) is 66.7 Å². The molecule has 2 fully saturated rings. The third-order valence-corrected chi connectivity index (χ3v) is 8.38. The number of carbonyl (C=O) groups is 3. The zero-order valence-corrected chi connectivity index (χ0v) is 25.5. The SMILES string of the molecule is COc1ccc(C2C(C(=O)N3CCCN(C(=O)Nc4cccc(Cl)c4)CC3)CCC(=O)N2c2ccc(C)cc2)cc1OC. The molecule has 2 unspecified atom stereocenters. The van der Waals surface area contributed by atoms with Gasteiger partial charge in [-0.05, 0) is 67.8 Å². The first-order chi connectivity index (χ1) is 20.8. The first-order valence-corrected chi connectivity index (χ1v) is 14.9. The minimum absolute atomic E-state index is 0.0264.